The van der Waals surface area contributed by atoms with E-state index >= 15 is 4.39 Å². The van der Waals surface area contributed by atoms with Crippen LogP contribution in [0.5, 0.6) is 0 Å². The van der Waals surface area contributed by atoms with E-state index in [2.05, 4.69) is 15.4 Å². The molecule has 2 aromatic heterocycles. The minimum Gasteiger partial charge on any atom is -0.446 e. The van der Waals surface area contributed by atoms with Gasteiger partial charge in [-0.3, -0.25) is 19.2 Å². The second kappa shape index (κ2) is 15.4. The number of amides is 1. The van der Waals surface area contributed by atoms with Crippen LogP contribution in [0.25, 0.3) is 10.8 Å². The lowest BCUT2D eigenvalue weighted by molar-refractivity contribution is -0.119. The number of aryl methyl sites for hydroxylation is 1. The zero-order chi connectivity index (χ0) is 36.2. The fourth-order valence-electron chi connectivity index (χ4n) is 6.71. The van der Waals surface area contributed by atoms with Gasteiger partial charge in [0.1, 0.15) is 42.3 Å². The standard InChI is InChI=1S/C36H45F2N7O5/c1-7-25(46)10-9-15-36(3,4)28(8-2)50-35(48)44(16-17-49-6)21-45-34(47)26-18-24(38)19-27-29(26)32(42-45)30(33-39-20-40-43(33)5)31(41-27)22-11-13-23(37)14-12-22/h11-14,18-20,28,30-31,41H,7-10,15-17,21H2,1-6H3/t28?,30-,31-/m0/s1. The summed E-state index contributed by atoms with van der Waals surface area (Å²) in [5.74, 6) is -1.00. The zero-order valence-corrected chi connectivity index (χ0v) is 29.4. The molecule has 5 rings (SSSR count). The summed E-state index contributed by atoms with van der Waals surface area (Å²) in [7, 11) is 3.23. The van der Waals surface area contributed by atoms with Gasteiger partial charge in [-0.1, -0.05) is 39.8 Å². The minimum absolute atomic E-state index is 0.0662. The molecule has 2 aromatic carbocycles. The highest BCUT2D eigenvalue weighted by Gasteiger charge is 2.39. The molecular weight excluding hydrogens is 648 g/mol. The van der Waals surface area contributed by atoms with Crippen molar-refractivity contribution in [3.8, 4) is 0 Å². The third-order valence-electron chi connectivity index (χ3n) is 9.53. The molecule has 0 bridgehead atoms. The largest absolute Gasteiger partial charge is 0.446 e. The van der Waals surface area contributed by atoms with E-state index in [0.717, 1.165) is 10.7 Å². The lowest BCUT2D eigenvalue weighted by Crippen LogP contribution is -2.44. The number of hydrogen-bond acceptors (Lipinski definition) is 9. The Hall–Kier alpha value is -4.72. The molecule has 3 heterocycles. The second-order valence-corrected chi connectivity index (χ2v) is 13.4. The highest BCUT2D eigenvalue weighted by molar-refractivity contribution is 5.97. The van der Waals surface area contributed by atoms with E-state index in [4.69, 9.17) is 14.6 Å². The molecule has 0 spiro atoms. The number of nitrogens with zero attached hydrogens (tertiary/aromatic N) is 6. The van der Waals surface area contributed by atoms with Gasteiger partial charge in [-0.25, -0.2) is 23.2 Å². The van der Waals surface area contributed by atoms with Gasteiger partial charge in [-0.05, 0) is 49.1 Å². The van der Waals surface area contributed by atoms with Crippen molar-refractivity contribution in [2.75, 3.05) is 25.6 Å². The first-order valence-electron chi connectivity index (χ1n) is 16.9. The predicted molar refractivity (Wildman–Crippen MR) is 184 cm³/mol. The van der Waals surface area contributed by atoms with Crippen LogP contribution < -0.4 is 10.9 Å². The summed E-state index contributed by atoms with van der Waals surface area (Å²) < 4.78 is 43.3. The van der Waals surface area contributed by atoms with E-state index in [1.54, 1.807) is 23.9 Å². The van der Waals surface area contributed by atoms with Gasteiger partial charge in [0.25, 0.3) is 5.56 Å². The fraction of sp³-hybridized carbons (Fsp3) is 0.500. The number of halogens is 2. The van der Waals surface area contributed by atoms with Crippen LogP contribution in [0.15, 0.2) is 47.5 Å². The molecule has 3 atom stereocenters. The highest BCUT2D eigenvalue weighted by atomic mass is 19.1. The van der Waals surface area contributed by atoms with E-state index in [0.29, 0.717) is 60.3 Å². The third-order valence-corrected chi connectivity index (χ3v) is 9.53. The van der Waals surface area contributed by atoms with Gasteiger partial charge < -0.3 is 14.8 Å². The maximum atomic E-state index is 15.2. The number of ketones is 1. The molecule has 0 saturated carbocycles. The van der Waals surface area contributed by atoms with Crippen LogP contribution in [0.3, 0.4) is 0 Å². The monoisotopic (exact) mass is 693 g/mol. The van der Waals surface area contributed by atoms with E-state index in [1.807, 2.05) is 27.7 Å². The number of nitrogens with one attached hydrogen (secondary N) is 1. The molecule has 1 aliphatic rings. The molecule has 1 aliphatic heterocycles. The molecule has 0 saturated heterocycles. The van der Waals surface area contributed by atoms with Crippen LogP contribution in [0.2, 0.25) is 0 Å². The van der Waals surface area contributed by atoms with Crippen molar-refractivity contribution in [3.63, 3.8) is 0 Å². The normalized spacial score (nSPS) is 16.2. The molecule has 1 N–H and O–H groups in total. The lowest BCUT2D eigenvalue weighted by atomic mass is 9.80. The van der Waals surface area contributed by atoms with Crippen molar-refractivity contribution in [1.82, 2.24) is 29.4 Å². The molecule has 0 fully saturated rings. The molecule has 4 aromatic rings. The van der Waals surface area contributed by atoms with Crippen molar-refractivity contribution < 1.29 is 27.8 Å². The van der Waals surface area contributed by atoms with Crippen molar-refractivity contribution in [2.24, 2.45) is 12.5 Å². The number of anilines is 1. The summed E-state index contributed by atoms with van der Waals surface area (Å²) in [5.41, 5.74) is 0.413. The van der Waals surface area contributed by atoms with Gasteiger partial charge in [0.05, 0.1) is 29.6 Å². The number of ether oxygens (including phenoxy) is 2. The first-order chi connectivity index (χ1) is 23.9. The fourth-order valence-corrected chi connectivity index (χ4v) is 6.71. The molecular formula is C36H45F2N7O5. The Bertz CT molecular complexity index is 1890. The lowest BCUT2D eigenvalue weighted by Gasteiger charge is -2.36. The molecule has 268 valence electrons. The van der Waals surface area contributed by atoms with Gasteiger partial charge in [-0.15, -0.1) is 0 Å². The van der Waals surface area contributed by atoms with Crippen molar-refractivity contribution >= 4 is 28.3 Å². The average Bonchev–Trinajstić information content (AvgIpc) is 3.51. The Morgan fingerprint density at radius 3 is 2.50 bits per heavy atom. The van der Waals surface area contributed by atoms with E-state index in [1.165, 1.54) is 36.5 Å². The predicted octanol–water partition coefficient (Wildman–Crippen LogP) is 6.10. The maximum absolute atomic E-state index is 15.2. The number of benzene rings is 2. The van der Waals surface area contributed by atoms with Crippen molar-refractivity contribution in [1.29, 1.82) is 0 Å². The van der Waals surface area contributed by atoms with Crippen molar-refractivity contribution in [3.05, 3.63) is 81.8 Å². The number of rotatable bonds is 15. The number of methoxy groups -OCH3 is 1. The van der Waals surface area contributed by atoms with E-state index in [9.17, 15) is 18.8 Å². The molecule has 50 heavy (non-hydrogen) atoms. The second-order valence-electron chi connectivity index (χ2n) is 13.4. The maximum Gasteiger partial charge on any atom is 0.411 e. The van der Waals surface area contributed by atoms with Crippen LogP contribution in [0.4, 0.5) is 19.3 Å². The molecule has 1 amide bonds. The highest BCUT2D eigenvalue weighted by Crippen LogP contribution is 2.46. The summed E-state index contributed by atoms with van der Waals surface area (Å²) in [4.78, 5) is 45.6. The number of aromatic nitrogens is 5. The van der Waals surface area contributed by atoms with Gasteiger partial charge in [0.15, 0.2) is 0 Å². The zero-order valence-electron chi connectivity index (χ0n) is 29.4. The van der Waals surface area contributed by atoms with Crippen LogP contribution >= 0.6 is 0 Å². The van der Waals surface area contributed by atoms with Crippen LogP contribution in [-0.4, -0.2) is 67.7 Å². The first kappa shape index (κ1) is 36.6. The molecule has 12 nitrogen and oxygen atoms in total. The molecule has 1 unspecified atom stereocenters. The number of carbonyl (C=O) groups excluding carboxylic acids is 2. The molecule has 0 aliphatic carbocycles. The summed E-state index contributed by atoms with van der Waals surface area (Å²) in [5, 5.41) is 12.9. The Morgan fingerprint density at radius 1 is 1.12 bits per heavy atom. The van der Waals surface area contributed by atoms with Crippen LogP contribution in [0, 0.1) is 17.0 Å². The number of Topliss-reactive ketones (excluding diaryl/α,β-unsaturated/α-hetero) is 1. The Balaban J connectivity index is 1.55. The van der Waals surface area contributed by atoms with Gasteiger partial charge in [-0.2, -0.15) is 10.2 Å². The Kier molecular flexibility index (Phi) is 11.3. The first-order valence-corrected chi connectivity index (χ1v) is 16.9. The average molecular weight is 694 g/mol. The quantitative estimate of drug-likeness (QED) is 0.157. The Labute approximate surface area is 289 Å². The van der Waals surface area contributed by atoms with E-state index < -0.39 is 46.8 Å². The smallest absolute Gasteiger partial charge is 0.411 e. The molecule has 0 radical (unpaired) electrons. The number of carbonyl (C=O) groups is 2. The van der Waals surface area contributed by atoms with Crippen LogP contribution in [-0.2, 0) is 28.0 Å². The summed E-state index contributed by atoms with van der Waals surface area (Å²) in [6, 6.07) is 7.80. The minimum atomic E-state index is -0.662. The Morgan fingerprint density at radius 2 is 1.86 bits per heavy atom. The topological polar surface area (TPSA) is 133 Å². The molecule has 14 heteroatoms. The van der Waals surface area contributed by atoms with Crippen LogP contribution in [0.1, 0.15) is 88.8 Å². The summed E-state index contributed by atoms with van der Waals surface area (Å²) >= 11 is 0. The third kappa shape index (κ3) is 7.69. The van der Waals surface area contributed by atoms with Gasteiger partial charge in [0.2, 0.25) is 0 Å². The van der Waals surface area contributed by atoms with Crippen molar-refractivity contribution in [2.45, 2.75) is 84.5 Å². The SMILES string of the molecule is CCC(=O)CCCC(C)(C)C(CC)OC(=O)N(CCOC)Cn1nc2c3c(cc(F)cc3c1=O)N[C@@H](c1ccc(F)cc1)[C@@H]2c1ncnn1C. The van der Waals surface area contributed by atoms with Gasteiger partial charge in [0, 0.05) is 50.0 Å². The van der Waals surface area contributed by atoms with E-state index in [-0.39, 0.29) is 31.0 Å². The number of hydrogen-bond donors (Lipinski definition) is 1. The van der Waals surface area contributed by atoms with Gasteiger partial charge >= 0.3 is 6.09 Å². The summed E-state index contributed by atoms with van der Waals surface area (Å²) in [6.45, 7) is 7.72. The summed E-state index contributed by atoms with van der Waals surface area (Å²) in [6.07, 6.45) is 3.12.